The first-order valence-corrected chi connectivity index (χ1v) is 14.5. The Kier molecular flexibility index (Phi) is 13.5. The summed E-state index contributed by atoms with van der Waals surface area (Å²) < 4.78 is 0. The molecule has 4 unspecified atom stereocenters. The Bertz CT molecular complexity index is 1070. The van der Waals surface area contributed by atoms with E-state index in [1.807, 2.05) is 56.5 Å². The number of carbonyl (C=O) groups excluding carboxylic acids is 3. The zero-order valence-corrected chi connectivity index (χ0v) is 23.6. The summed E-state index contributed by atoms with van der Waals surface area (Å²) in [7, 11) is 0. The van der Waals surface area contributed by atoms with Crippen LogP contribution in [0.1, 0.15) is 37.8 Å². The molecule has 2 aromatic rings. The van der Waals surface area contributed by atoms with E-state index in [0.29, 0.717) is 18.6 Å². The highest BCUT2D eigenvalue weighted by atomic mass is 32.2. The van der Waals surface area contributed by atoms with Gasteiger partial charge in [0.2, 0.25) is 17.7 Å². The van der Waals surface area contributed by atoms with E-state index in [4.69, 9.17) is 5.73 Å². The second-order valence-electron chi connectivity index (χ2n) is 9.92. The van der Waals surface area contributed by atoms with Crippen molar-refractivity contribution in [2.45, 2.75) is 63.7 Å². The number of carboxylic acids is 1. The average molecular weight is 557 g/mol. The summed E-state index contributed by atoms with van der Waals surface area (Å²) in [5.74, 6) is -1.95. The number of benzene rings is 2. The highest BCUT2D eigenvalue weighted by Gasteiger charge is 2.30. The molecule has 0 aliphatic carbocycles. The van der Waals surface area contributed by atoms with Crippen LogP contribution in [0.3, 0.4) is 0 Å². The highest BCUT2D eigenvalue weighted by molar-refractivity contribution is 7.98. The van der Waals surface area contributed by atoms with Crippen molar-refractivity contribution in [3.8, 4) is 0 Å². The normalized spacial score (nSPS) is 14.1. The maximum atomic E-state index is 13.4. The van der Waals surface area contributed by atoms with Crippen LogP contribution >= 0.6 is 11.8 Å². The standard InChI is InChI=1S/C29H40N4O5S/c1-19(2)16-22(30)26(34)31-23(14-15-39-3)27(35)32-24(17-20-10-6-4-7-11-20)28(36)33-25(29(37)38)18-21-12-8-5-9-13-21/h4-13,19,22-25H,14-18,30H2,1-3H3,(H,31,34)(H,32,35)(H,33,36)(H,37,38). The van der Waals surface area contributed by atoms with Crippen molar-refractivity contribution in [1.82, 2.24) is 16.0 Å². The molecule has 0 radical (unpaired) electrons. The quantitative estimate of drug-likeness (QED) is 0.213. The predicted octanol–water partition coefficient (Wildman–Crippen LogP) is 2.14. The average Bonchev–Trinajstić information content (AvgIpc) is 2.90. The van der Waals surface area contributed by atoms with Crippen LogP contribution in [0.5, 0.6) is 0 Å². The summed E-state index contributed by atoms with van der Waals surface area (Å²) in [6.45, 7) is 3.92. The molecule has 0 fully saturated rings. The molecule has 6 N–H and O–H groups in total. The lowest BCUT2D eigenvalue weighted by Crippen LogP contribution is -2.58. The third-order valence-electron chi connectivity index (χ3n) is 6.12. The molecule has 39 heavy (non-hydrogen) atoms. The number of nitrogens with one attached hydrogen (secondary N) is 3. The molecule has 0 aliphatic heterocycles. The summed E-state index contributed by atoms with van der Waals surface area (Å²) in [4.78, 5) is 51.4. The van der Waals surface area contributed by atoms with Crippen molar-refractivity contribution in [2.75, 3.05) is 12.0 Å². The van der Waals surface area contributed by atoms with Crippen LogP contribution in [0.4, 0.5) is 0 Å². The number of hydrogen-bond donors (Lipinski definition) is 5. The Morgan fingerprint density at radius 1 is 0.769 bits per heavy atom. The van der Waals surface area contributed by atoms with Crippen molar-refractivity contribution in [1.29, 1.82) is 0 Å². The molecule has 0 saturated heterocycles. The molecule has 2 rings (SSSR count). The number of thioether (sulfide) groups is 1. The van der Waals surface area contributed by atoms with Gasteiger partial charge in [-0.25, -0.2) is 4.79 Å². The van der Waals surface area contributed by atoms with Gasteiger partial charge in [0.25, 0.3) is 0 Å². The summed E-state index contributed by atoms with van der Waals surface area (Å²) >= 11 is 1.53. The van der Waals surface area contributed by atoms with Crippen LogP contribution in [0.2, 0.25) is 0 Å². The van der Waals surface area contributed by atoms with Crippen molar-refractivity contribution in [3.63, 3.8) is 0 Å². The Labute approximate surface area is 234 Å². The van der Waals surface area contributed by atoms with E-state index >= 15 is 0 Å². The van der Waals surface area contributed by atoms with E-state index in [1.165, 1.54) is 11.8 Å². The minimum Gasteiger partial charge on any atom is -0.480 e. The first-order valence-electron chi connectivity index (χ1n) is 13.1. The number of carbonyl (C=O) groups is 4. The number of amides is 3. The first kappa shape index (κ1) is 31.8. The number of nitrogens with two attached hydrogens (primary N) is 1. The largest absolute Gasteiger partial charge is 0.480 e. The van der Waals surface area contributed by atoms with Gasteiger partial charge in [-0.3, -0.25) is 14.4 Å². The molecule has 3 amide bonds. The van der Waals surface area contributed by atoms with Gasteiger partial charge in [0, 0.05) is 12.8 Å². The fourth-order valence-corrected chi connectivity index (χ4v) is 4.52. The Balaban J connectivity index is 2.22. The summed E-state index contributed by atoms with van der Waals surface area (Å²) in [6.07, 6.45) is 2.95. The van der Waals surface area contributed by atoms with Crippen LogP contribution < -0.4 is 21.7 Å². The molecule has 9 nitrogen and oxygen atoms in total. The van der Waals surface area contributed by atoms with Crippen LogP contribution in [0, 0.1) is 5.92 Å². The highest BCUT2D eigenvalue weighted by Crippen LogP contribution is 2.09. The van der Waals surface area contributed by atoms with Crippen LogP contribution in [-0.2, 0) is 32.0 Å². The van der Waals surface area contributed by atoms with E-state index in [2.05, 4.69) is 16.0 Å². The molecular weight excluding hydrogens is 516 g/mol. The number of hydrogen-bond acceptors (Lipinski definition) is 6. The molecular formula is C29H40N4O5S. The first-order chi connectivity index (χ1) is 18.6. The lowest BCUT2D eigenvalue weighted by molar-refractivity contribution is -0.142. The van der Waals surface area contributed by atoms with E-state index in [0.717, 1.165) is 11.1 Å². The van der Waals surface area contributed by atoms with Gasteiger partial charge >= 0.3 is 5.97 Å². The molecule has 0 aliphatic rings. The molecule has 2 aromatic carbocycles. The predicted molar refractivity (Wildman–Crippen MR) is 154 cm³/mol. The molecule has 0 spiro atoms. The van der Waals surface area contributed by atoms with Gasteiger partial charge in [-0.1, -0.05) is 74.5 Å². The Morgan fingerprint density at radius 3 is 1.72 bits per heavy atom. The van der Waals surface area contributed by atoms with E-state index in [9.17, 15) is 24.3 Å². The zero-order chi connectivity index (χ0) is 28.8. The van der Waals surface area contributed by atoms with Gasteiger partial charge in [-0.05, 0) is 41.9 Å². The van der Waals surface area contributed by atoms with Crippen molar-refractivity contribution in [2.24, 2.45) is 11.7 Å². The summed E-state index contributed by atoms with van der Waals surface area (Å²) in [6, 6.07) is 14.2. The van der Waals surface area contributed by atoms with Crippen molar-refractivity contribution >= 4 is 35.5 Å². The SMILES string of the molecule is CSCCC(NC(=O)C(N)CC(C)C)C(=O)NC(Cc1ccccc1)C(=O)NC(Cc1ccccc1)C(=O)O. The van der Waals surface area contributed by atoms with E-state index in [1.54, 1.807) is 24.3 Å². The van der Waals surface area contributed by atoms with Gasteiger partial charge in [0.05, 0.1) is 6.04 Å². The lowest BCUT2D eigenvalue weighted by atomic mass is 10.0. The van der Waals surface area contributed by atoms with Gasteiger partial charge in [0.1, 0.15) is 18.1 Å². The lowest BCUT2D eigenvalue weighted by Gasteiger charge is -2.25. The van der Waals surface area contributed by atoms with Gasteiger partial charge in [0.15, 0.2) is 0 Å². The van der Waals surface area contributed by atoms with Crippen LogP contribution in [0.15, 0.2) is 60.7 Å². The van der Waals surface area contributed by atoms with Gasteiger partial charge in [-0.15, -0.1) is 0 Å². The second kappa shape index (κ2) is 16.6. The van der Waals surface area contributed by atoms with Gasteiger partial charge in [-0.2, -0.15) is 11.8 Å². The Morgan fingerprint density at radius 2 is 1.23 bits per heavy atom. The molecule has 0 heterocycles. The second-order valence-corrected chi connectivity index (χ2v) is 10.9. The minimum atomic E-state index is -1.18. The summed E-state index contributed by atoms with van der Waals surface area (Å²) in [5.41, 5.74) is 7.57. The van der Waals surface area contributed by atoms with Crippen LogP contribution in [0.25, 0.3) is 0 Å². The topological polar surface area (TPSA) is 151 Å². The fourth-order valence-electron chi connectivity index (χ4n) is 4.05. The monoisotopic (exact) mass is 556 g/mol. The van der Waals surface area contributed by atoms with Crippen molar-refractivity contribution in [3.05, 3.63) is 71.8 Å². The van der Waals surface area contributed by atoms with Gasteiger partial charge < -0.3 is 26.8 Å². The number of aliphatic carboxylic acids is 1. The van der Waals surface area contributed by atoms with E-state index < -0.39 is 47.9 Å². The third-order valence-corrected chi connectivity index (χ3v) is 6.76. The fraction of sp³-hybridized carbons (Fsp3) is 0.448. The molecule has 0 aromatic heterocycles. The van der Waals surface area contributed by atoms with Crippen molar-refractivity contribution < 1.29 is 24.3 Å². The smallest absolute Gasteiger partial charge is 0.326 e. The molecule has 10 heteroatoms. The summed E-state index contributed by atoms with van der Waals surface area (Å²) in [5, 5.41) is 17.9. The molecule has 212 valence electrons. The number of carboxylic acid groups (broad SMARTS) is 1. The number of rotatable bonds is 16. The maximum absolute atomic E-state index is 13.4. The minimum absolute atomic E-state index is 0.0913. The molecule has 4 atom stereocenters. The Hall–Kier alpha value is -3.37. The molecule has 0 saturated carbocycles. The molecule has 0 bridgehead atoms. The van der Waals surface area contributed by atoms with E-state index in [-0.39, 0.29) is 18.8 Å². The van der Waals surface area contributed by atoms with Crippen LogP contribution in [-0.4, -0.2) is 65.0 Å². The third kappa shape index (κ3) is 11.5. The zero-order valence-electron chi connectivity index (χ0n) is 22.8. The maximum Gasteiger partial charge on any atom is 0.326 e.